The van der Waals surface area contributed by atoms with Gasteiger partial charge >= 0.3 is 6.03 Å². The fourth-order valence-electron chi connectivity index (χ4n) is 3.83. The first kappa shape index (κ1) is 19.1. The van der Waals surface area contributed by atoms with Gasteiger partial charge in [0.05, 0.1) is 13.0 Å². The maximum absolute atomic E-state index is 12.8. The standard InChI is InChI=1S/C20H24N6O3/c1-23-15(19(28)24(2)20(23)29)13-18(27)25-9-8-17-21-16(22-26(17)11-10-25)12-14-6-4-3-5-7-14/h3-7,15H,8-13H2,1-2H3. The van der Waals surface area contributed by atoms with Gasteiger partial charge in [-0.3, -0.25) is 14.5 Å². The van der Waals surface area contributed by atoms with Crippen LogP contribution in [0.3, 0.4) is 0 Å². The maximum atomic E-state index is 12.8. The van der Waals surface area contributed by atoms with Crippen LogP contribution >= 0.6 is 0 Å². The molecule has 9 heteroatoms. The number of carbonyl (C=O) groups excluding carboxylic acids is 3. The van der Waals surface area contributed by atoms with E-state index in [2.05, 4.69) is 22.2 Å². The van der Waals surface area contributed by atoms with Crippen LogP contribution in [0.15, 0.2) is 30.3 Å². The van der Waals surface area contributed by atoms with Crippen molar-refractivity contribution in [1.82, 2.24) is 29.5 Å². The SMILES string of the molecule is CN1C(=O)C(CC(=O)N2CCc3nc(Cc4ccccc4)nn3CC2)N(C)C1=O. The third-order valence-electron chi connectivity index (χ3n) is 5.58. The highest BCUT2D eigenvalue weighted by molar-refractivity contribution is 6.05. The lowest BCUT2D eigenvalue weighted by atomic mass is 10.1. The van der Waals surface area contributed by atoms with Crippen molar-refractivity contribution >= 4 is 17.8 Å². The van der Waals surface area contributed by atoms with Crippen molar-refractivity contribution < 1.29 is 14.4 Å². The summed E-state index contributed by atoms with van der Waals surface area (Å²) in [7, 11) is 2.99. The van der Waals surface area contributed by atoms with Crippen LogP contribution in [0.2, 0.25) is 0 Å². The Bertz CT molecular complexity index is 915. The van der Waals surface area contributed by atoms with Crippen molar-refractivity contribution in [2.45, 2.75) is 31.8 Å². The number of imide groups is 1. The number of amides is 4. The summed E-state index contributed by atoms with van der Waals surface area (Å²) >= 11 is 0. The van der Waals surface area contributed by atoms with E-state index in [0.29, 0.717) is 32.5 Å². The molecular formula is C20H24N6O3. The molecule has 1 aromatic heterocycles. The third kappa shape index (κ3) is 3.72. The van der Waals surface area contributed by atoms with Crippen LogP contribution < -0.4 is 0 Å². The van der Waals surface area contributed by atoms with E-state index in [4.69, 9.17) is 0 Å². The monoisotopic (exact) mass is 396 g/mol. The molecule has 152 valence electrons. The molecule has 1 aromatic carbocycles. The smallest absolute Gasteiger partial charge is 0.326 e. The Hall–Kier alpha value is -3.23. The third-order valence-corrected chi connectivity index (χ3v) is 5.58. The zero-order chi connectivity index (χ0) is 20.5. The predicted molar refractivity (Wildman–Crippen MR) is 104 cm³/mol. The van der Waals surface area contributed by atoms with E-state index in [1.54, 1.807) is 11.9 Å². The summed E-state index contributed by atoms with van der Waals surface area (Å²) in [4.78, 5) is 45.6. The first-order valence-electron chi connectivity index (χ1n) is 9.72. The second-order valence-electron chi connectivity index (χ2n) is 7.47. The summed E-state index contributed by atoms with van der Waals surface area (Å²) in [6.45, 7) is 1.60. The molecule has 3 heterocycles. The average molecular weight is 396 g/mol. The largest absolute Gasteiger partial charge is 0.340 e. The van der Waals surface area contributed by atoms with E-state index >= 15 is 0 Å². The van der Waals surface area contributed by atoms with Gasteiger partial charge in [-0.1, -0.05) is 30.3 Å². The van der Waals surface area contributed by atoms with E-state index in [9.17, 15) is 14.4 Å². The average Bonchev–Trinajstić information content (AvgIpc) is 3.09. The molecule has 29 heavy (non-hydrogen) atoms. The Morgan fingerprint density at radius 2 is 1.86 bits per heavy atom. The molecule has 1 unspecified atom stereocenters. The summed E-state index contributed by atoms with van der Waals surface area (Å²) in [5.41, 5.74) is 1.16. The highest BCUT2D eigenvalue weighted by atomic mass is 16.2. The van der Waals surface area contributed by atoms with Gasteiger partial charge in [-0.25, -0.2) is 14.5 Å². The van der Waals surface area contributed by atoms with Crippen LogP contribution in [-0.4, -0.2) is 80.5 Å². The van der Waals surface area contributed by atoms with E-state index < -0.39 is 6.04 Å². The van der Waals surface area contributed by atoms with Crippen LogP contribution in [-0.2, 0) is 29.0 Å². The summed E-state index contributed by atoms with van der Waals surface area (Å²) in [5, 5.41) is 4.60. The van der Waals surface area contributed by atoms with Gasteiger partial charge < -0.3 is 9.80 Å². The molecule has 2 aliphatic rings. The summed E-state index contributed by atoms with van der Waals surface area (Å²) in [6, 6.07) is 8.98. The molecule has 2 aliphatic heterocycles. The van der Waals surface area contributed by atoms with E-state index in [0.717, 1.165) is 22.1 Å². The lowest BCUT2D eigenvalue weighted by Gasteiger charge is -2.23. The number of fused-ring (bicyclic) bond motifs is 1. The number of carbonyl (C=O) groups is 3. The fourth-order valence-corrected chi connectivity index (χ4v) is 3.83. The molecule has 0 spiro atoms. The molecule has 1 fully saturated rings. The molecule has 1 atom stereocenters. The molecular weight excluding hydrogens is 372 g/mol. The quantitative estimate of drug-likeness (QED) is 0.704. The number of nitrogens with zero attached hydrogens (tertiary/aromatic N) is 6. The number of benzene rings is 1. The Labute approximate surface area is 168 Å². The number of hydrogen-bond donors (Lipinski definition) is 0. The highest BCUT2D eigenvalue weighted by Gasteiger charge is 2.42. The Morgan fingerprint density at radius 3 is 2.55 bits per heavy atom. The second-order valence-corrected chi connectivity index (χ2v) is 7.47. The lowest BCUT2D eigenvalue weighted by Crippen LogP contribution is -2.40. The van der Waals surface area contributed by atoms with Gasteiger partial charge in [-0.2, -0.15) is 5.10 Å². The van der Waals surface area contributed by atoms with Gasteiger partial charge in [-0.15, -0.1) is 0 Å². The topological polar surface area (TPSA) is 91.6 Å². The molecule has 1 saturated heterocycles. The molecule has 0 radical (unpaired) electrons. The zero-order valence-electron chi connectivity index (χ0n) is 16.6. The lowest BCUT2D eigenvalue weighted by molar-refractivity contribution is -0.136. The van der Waals surface area contributed by atoms with Crippen molar-refractivity contribution in [3.63, 3.8) is 0 Å². The van der Waals surface area contributed by atoms with E-state index in [-0.39, 0.29) is 24.3 Å². The minimum atomic E-state index is -0.726. The molecule has 0 bridgehead atoms. The number of hydrogen-bond acceptors (Lipinski definition) is 5. The second kappa shape index (κ2) is 7.65. The summed E-state index contributed by atoms with van der Waals surface area (Å²) in [5.74, 6) is 1.19. The van der Waals surface area contributed by atoms with Crippen molar-refractivity contribution in [3.8, 4) is 0 Å². The number of likely N-dealkylation sites (N-methyl/N-ethyl adjacent to an activating group) is 2. The number of aromatic nitrogens is 3. The van der Waals surface area contributed by atoms with Gasteiger partial charge in [0.15, 0.2) is 5.82 Å². The molecule has 0 saturated carbocycles. The zero-order valence-corrected chi connectivity index (χ0v) is 16.6. The first-order chi connectivity index (χ1) is 13.9. The number of rotatable bonds is 4. The molecule has 0 aliphatic carbocycles. The van der Waals surface area contributed by atoms with Gasteiger partial charge in [-0.05, 0) is 5.56 Å². The van der Waals surface area contributed by atoms with Gasteiger partial charge in [0.2, 0.25) is 5.91 Å². The molecule has 9 nitrogen and oxygen atoms in total. The van der Waals surface area contributed by atoms with Crippen LogP contribution in [0, 0.1) is 0 Å². The first-order valence-corrected chi connectivity index (χ1v) is 9.72. The Morgan fingerprint density at radius 1 is 1.10 bits per heavy atom. The predicted octanol–water partition coefficient (Wildman–Crippen LogP) is 0.536. The number of urea groups is 1. The minimum absolute atomic E-state index is 0.000411. The van der Waals surface area contributed by atoms with E-state index in [1.807, 2.05) is 22.9 Å². The molecule has 4 rings (SSSR count). The minimum Gasteiger partial charge on any atom is -0.340 e. The van der Waals surface area contributed by atoms with Crippen molar-refractivity contribution in [2.75, 3.05) is 27.2 Å². The van der Waals surface area contributed by atoms with Gasteiger partial charge in [0.1, 0.15) is 11.9 Å². The van der Waals surface area contributed by atoms with Crippen LogP contribution in [0.1, 0.15) is 23.6 Å². The highest BCUT2D eigenvalue weighted by Crippen LogP contribution is 2.19. The van der Waals surface area contributed by atoms with Gasteiger partial charge in [0.25, 0.3) is 5.91 Å². The summed E-state index contributed by atoms with van der Waals surface area (Å²) in [6.07, 6.45) is 1.29. The normalized spacial score (nSPS) is 19.5. The van der Waals surface area contributed by atoms with Crippen LogP contribution in [0.25, 0.3) is 0 Å². The van der Waals surface area contributed by atoms with Crippen LogP contribution in [0.5, 0.6) is 0 Å². The van der Waals surface area contributed by atoms with Crippen molar-refractivity contribution in [2.24, 2.45) is 0 Å². The van der Waals surface area contributed by atoms with Crippen molar-refractivity contribution in [1.29, 1.82) is 0 Å². The van der Waals surface area contributed by atoms with Gasteiger partial charge in [0, 0.05) is 40.0 Å². The summed E-state index contributed by atoms with van der Waals surface area (Å²) < 4.78 is 1.87. The fraction of sp³-hybridized carbons (Fsp3) is 0.450. The molecule has 2 aromatic rings. The van der Waals surface area contributed by atoms with Crippen molar-refractivity contribution in [3.05, 3.63) is 47.5 Å². The molecule has 0 N–H and O–H groups in total. The maximum Gasteiger partial charge on any atom is 0.326 e. The van der Waals surface area contributed by atoms with Crippen LogP contribution in [0.4, 0.5) is 4.79 Å². The Kier molecular flexibility index (Phi) is 5.04. The molecule has 4 amide bonds. The van der Waals surface area contributed by atoms with E-state index in [1.165, 1.54) is 11.9 Å². The Balaban J connectivity index is 1.37.